The first-order valence-electron chi connectivity index (χ1n) is 10.0. The summed E-state index contributed by atoms with van der Waals surface area (Å²) in [7, 11) is 0. The smallest absolute Gasteiger partial charge is 0.224 e. The molecule has 1 unspecified atom stereocenters. The van der Waals surface area contributed by atoms with Gasteiger partial charge in [-0.1, -0.05) is 26.2 Å². The van der Waals surface area contributed by atoms with Gasteiger partial charge in [-0.25, -0.2) is 4.68 Å². The van der Waals surface area contributed by atoms with Crippen molar-refractivity contribution in [1.82, 2.24) is 20.2 Å². The number of aromatic nitrogens is 4. The van der Waals surface area contributed by atoms with Gasteiger partial charge in [0.15, 0.2) is 5.82 Å². The molecule has 1 atom stereocenters. The van der Waals surface area contributed by atoms with E-state index in [9.17, 15) is 4.79 Å². The van der Waals surface area contributed by atoms with Gasteiger partial charge in [0.25, 0.3) is 0 Å². The second kappa shape index (κ2) is 8.06. The summed E-state index contributed by atoms with van der Waals surface area (Å²) in [6.45, 7) is 2.78. The number of ether oxygens (including phenoxy) is 1. The first kappa shape index (κ1) is 17.9. The summed E-state index contributed by atoms with van der Waals surface area (Å²) < 4.78 is 8.01. The molecule has 1 amide bonds. The number of aryl methyl sites for hydroxylation is 1. The Morgan fingerprint density at radius 1 is 1.26 bits per heavy atom. The second-order valence-electron chi connectivity index (χ2n) is 7.68. The van der Waals surface area contributed by atoms with E-state index in [-0.39, 0.29) is 11.8 Å². The summed E-state index contributed by atoms with van der Waals surface area (Å²) in [4.78, 5) is 11.5. The van der Waals surface area contributed by atoms with Crippen LogP contribution in [-0.2, 0) is 11.2 Å². The summed E-state index contributed by atoms with van der Waals surface area (Å²) >= 11 is 0. The minimum Gasteiger partial charge on any atom is -0.494 e. The maximum Gasteiger partial charge on any atom is 0.224 e. The van der Waals surface area contributed by atoms with E-state index in [2.05, 4.69) is 27.8 Å². The highest BCUT2D eigenvalue weighted by molar-refractivity contribution is 5.93. The summed E-state index contributed by atoms with van der Waals surface area (Å²) in [6.07, 6.45) is 8.37. The van der Waals surface area contributed by atoms with Crippen LogP contribution in [0.2, 0.25) is 0 Å². The number of nitrogens with zero attached hydrogens (tertiary/aromatic N) is 4. The lowest BCUT2D eigenvalue weighted by Gasteiger charge is -2.23. The van der Waals surface area contributed by atoms with Gasteiger partial charge in [-0.15, -0.1) is 5.10 Å². The van der Waals surface area contributed by atoms with Crippen molar-refractivity contribution in [1.29, 1.82) is 0 Å². The number of rotatable bonds is 6. The molecule has 1 fully saturated rings. The molecule has 7 nitrogen and oxygen atoms in total. The molecular formula is C20H27N5O2. The van der Waals surface area contributed by atoms with Crippen LogP contribution in [0.25, 0.3) is 0 Å². The first-order valence-corrected chi connectivity index (χ1v) is 10.0. The van der Waals surface area contributed by atoms with Crippen molar-refractivity contribution in [2.45, 2.75) is 70.3 Å². The maximum atomic E-state index is 11.5. The highest BCUT2D eigenvalue weighted by Gasteiger charge is 2.23. The topological polar surface area (TPSA) is 81.9 Å². The lowest BCUT2D eigenvalue weighted by atomic mass is 9.95. The van der Waals surface area contributed by atoms with E-state index in [1.807, 2.05) is 22.9 Å². The quantitative estimate of drug-likeness (QED) is 0.841. The summed E-state index contributed by atoms with van der Waals surface area (Å²) in [5.41, 5.74) is 2.04. The monoisotopic (exact) mass is 369 g/mol. The Bertz CT molecular complexity index is 797. The van der Waals surface area contributed by atoms with E-state index < -0.39 is 0 Å². The van der Waals surface area contributed by atoms with Crippen molar-refractivity contribution in [3.05, 3.63) is 29.6 Å². The third-order valence-corrected chi connectivity index (χ3v) is 5.67. The number of hydrogen-bond acceptors (Lipinski definition) is 5. The van der Waals surface area contributed by atoms with Crippen molar-refractivity contribution in [2.75, 3.05) is 11.9 Å². The molecule has 144 valence electrons. The van der Waals surface area contributed by atoms with Crippen LogP contribution < -0.4 is 10.1 Å². The van der Waals surface area contributed by atoms with E-state index in [4.69, 9.17) is 4.74 Å². The minimum absolute atomic E-state index is 0.0840. The zero-order valence-electron chi connectivity index (χ0n) is 15.9. The van der Waals surface area contributed by atoms with Crippen LogP contribution in [0.5, 0.6) is 5.75 Å². The molecule has 0 bridgehead atoms. The molecule has 1 aliphatic carbocycles. The molecule has 1 saturated carbocycles. The van der Waals surface area contributed by atoms with Gasteiger partial charge in [-0.3, -0.25) is 4.79 Å². The Hall–Kier alpha value is -2.44. The van der Waals surface area contributed by atoms with Crippen LogP contribution >= 0.6 is 0 Å². The van der Waals surface area contributed by atoms with E-state index in [0.29, 0.717) is 19.1 Å². The molecule has 1 N–H and O–H groups in total. The number of hydrogen-bond donors (Lipinski definition) is 1. The first-order chi connectivity index (χ1) is 13.2. The van der Waals surface area contributed by atoms with Gasteiger partial charge in [0.05, 0.1) is 12.6 Å². The van der Waals surface area contributed by atoms with Crippen LogP contribution in [0.15, 0.2) is 18.2 Å². The van der Waals surface area contributed by atoms with E-state index in [1.165, 1.54) is 32.1 Å². The van der Waals surface area contributed by atoms with E-state index in [0.717, 1.165) is 35.7 Å². The van der Waals surface area contributed by atoms with Crippen molar-refractivity contribution in [3.63, 3.8) is 0 Å². The number of amides is 1. The molecule has 4 rings (SSSR count). The molecule has 2 aliphatic rings. The Balaban J connectivity index is 1.33. The number of anilines is 1. The highest BCUT2D eigenvalue weighted by Crippen LogP contribution is 2.30. The molecule has 1 aromatic carbocycles. The van der Waals surface area contributed by atoms with Crippen molar-refractivity contribution >= 4 is 11.6 Å². The van der Waals surface area contributed by atoms with Crippen molar-refractivity contribution in [3.8, 4) is 5.75 Å². The van der Waals surface area contributed by atoms with Gasteiger partial charge >= 0.3 is 0 Å². The fraction of sp³-hybridized carbons (Fsp3) is 0.600. The minimum atomic E-state index is 0.0840. The fourth-order valence-corrected chi connectivity index (χ4v) is 4.04. The maximum absolute atomic E-state index is 11.5. The predicted octanol–water partition coefficient (Wildman–Crippen LogP) is 3.64. The van der Waals surface area contributed by atoms with Crippen LogP contribution in [0.1, 0.15) is 75.2 Å². The van der Waals surface area contributed by atoms with Crippen LogP contribution in [0, 0.1) is 0 Å². The number of benzene rings is 1. The van der Waals surface area contributed by atoms with Crippen molar-refractivity contribution in [2.24, 2.45) is 0 Å². The second-order valence-corrected chi connectivity index (χ2v) is 7.68. The van der Waals surface area contributed by atoms with Crippen LogP contribution in [0.4, 0.5) is 5.69 Å². The fourth-order valence-electron chi connectivity index (χ4n) is 4.04. The SMILES string of the molecule is CC(CCOc1ccc2c(c1)CCC(=O)N2)c1nnnn1C1CCCCC1. The molecule has 1 aliphatic heterocycles. The number of tetrazole rings is 1. The largest absolute Gasteiger partial charge is 0.494 e. The molecule has 0 spiro atoms. The zero-order valence-corrected chi connectivity index (χ0v) is 15.9. The van der Waals surface area contributed by atoms with Crippen LogP contribution in [0.3, 0.4) is 0 Å². The molecule has 1 aromatic heterocycles. The van der Waals surface area contributed by atoms with Gasteiger partial charge in [-0.05, 0) is 59.9 Å². The molecule has 2 aromatic rings. The lowest BCUT2D eigenvalue weighted by Crippen LogP contribution is -2.19. The molecule has 0 radical (unpaired) electrons. The Morgan fingerprint density at radius 3 is 2.96 bits per heavy atom. The normalized spacial score (nSPS) is 18.6. The zero-order chi connectivity index (χ0) is 18.6. The number of carbonyl (C=O) groups is 1. The molecular weight excluding hydrogens is 342 g/mol. The molecule has 7 heteroatoms. The third kappa shape index (κ3) is 4.12. The van der Waals surface area contributed by atoms with Gasteiger partial charge in [0.2, 0.25) is 5.91 Å². The summed E-state index contributed by atoms with van der Waals surface area (Å²) in [5, 5.41) is 15.4. The van der Waals surface area contributed by atoms with E-state index >= 15 is 0 Å². The third-order valence-electron chi connectivity index (χ3n) is 5.67. The van der Waals surface area contributed by atoms with Gasteiger partial charge in [0, 0.05) is 18.0 Å². The standard InChI is InChI=1S/C20H27N5O2/c1-14(20-22-23-24-25(20)16-5-3-2-4-6-16)11-12-27-17-8-9-18-15(13-17)7-10-19(26)21-18/h8-9,13-14,16H,2-7,10-12H2,1H3,(H,21,26). The van der Waals surface area contributed by atoms with Gasteiger partial charge in [0.1, 0.15) is 5.75 Å². The average molecular weight is 369 g/mol. The lowest BCUT2D eigenvalue weighted by molar-refractivity contribution is -0.116. The average Bonchev–Trinajstić information content (AvgIpc) is 3.19. The predicted molar refractivity (Wildman–Crippen MR) is 102 cm³/mol. The number of fused-ring (bicyclic) bond motifs is 1. The van der Waals surface area contributed by atoms with E-state index in [1.54, 1.807) is 0 Å². The molecule has 27 heavy (non-hydrogen) atoms. The highest BCUT2D eigenvalue weighted by atomic mass is 16.5. The Kier molecular flexibility index (Phi) is 5.36. The van der Waals surface area contributed by atoms with Crippen molar-refractivity contribution < 1.29 is 9.53 Å². The van der Waals surface area contributed by atoms with Crippen LogP contribution in [-0.4, -0.2) is 32.7 Å². The Morgan fingerprint density at radius 2 is 2.11 bits per heavy atom. The van der Waals surface area contributed by atoms with Gasteiger partial charge in [-0.2, -0.15) is 0 Å². The molecule has 0 saturated heterocycles. The summed E-state index contributed by atoms with van der Waals surface area (Å²) in [6, 6.07) is 6.32. The van der Waals surface area contributed by atoms with Gasteiger partial charge < -0.3 is 10.1 Å². The Labute approximate surface area is 159 Å². The summed E-state index contributed by atoms with van der Waals surface area (Å²) in [5.74, 6) is 2.15. The number of nitrogens with one attached hydrogen (secondary N) is 1. The number of carbonyl (C=O) groups excluding carboxylic acids is 1. The molecule has 2 heterocycles.